The van der Waals surface area contributed by atoms with Crippen LogP contribution in [0.4, 0.5) is 0 Å². The Morgan fingerprint density at radius 1 is 0.818 bits per heavy atom. The fraction of sp³-hybridized carbons (Fsp3) is 0.125. The number of furan rings is 2. The highest BCUT2D eigenvalue weighted by atomic mass is 16.4. The largest absolute Gasteiger partial charge is 0.453 e. The van der Waals surface area contributed by atoms with Crippen molar-refractivity contribution in [2.45, 2.75) is 12.8 Å². The van der Waals surface area contributed by atoms with Crippen LogP contribution in [-0.4, -0.2) is 11.7 Å². The van der Waals surface area contributed by atoms with Gasteiger partial charge < -0.3 is 20.3 Å². The van der Waals surface area contributed by atoms with Gasteiger partial charge in [0, 0.05) is 0 Å². The highest BCUT2D eigenvalue weighted by Gasteiger charge is 2.15. The van der Waals surface area contributed by atoms with Crippen LogP contribution < -0.4 is 11.5 Å². The van der Waals surface area contributed by atoms with E-state index in [1.807, 2.05) is 24.3 Å². The van der Waals surface area contributed by atoms with E-state index in [1.54, 1.807) is 12.1 Å². The summed E-state index contributed by atoms with van der Waals surface area (Å²) in [4.78, 5) is 0. The smallest absolute Gasteiger partial charge is 0.170 e. The first-order valence-electron chi connectivity index (χ1n) is 6.83. The summed E-state index contributed by atoms with van der Waals surface area (Å²) >= 11 is 0. The summed E-state index contributed by atoms with van der Waals surface area (Å²) in [6.07, 6.45) is 5.28. The van der Waals surface area contributed by atoms with Crippen molar-refractivity contribution in [3.8, 4) is 11.5 Å². The minimum Gasteiger partial charge on any atom is -0.453 e. The van der Waals surface area contributed by atoms with Gasteiger partial charge in [0.1, 0.15) is 11.6 Å². The van der Waals surface area contributed by atoms with Crippen molar-refractivity contribution in [1.29, 1.82) is 10.8 Å². The number of allylic oxidation sites excluding steroid dienone is 3. The van der Waals surface area contributed by atoms with E-state index in [-0.39, 0.29) is 11.7 Å². The lowest BCUT2D eigenvalue weighted by Gasteiger charge is -2.11. The molecule has 0 spiro atoms. The average molecular weight is 296 g/mol. The molecular formula is C16H16N4O2. The van der Waals surface area contributed by atoms with Crippen molar-refractivity contribution in [2.75, 3.05) is 0 Å². The molecular weight excluding hydrogens is 280 g/mol. The zero-order valence-electron chi connectivity index (χ0n) is 11.8. The first-order chi connectivity index (χ1) is 10.5. The van der Waals surface area contributed by atoms with Crippen LogP contribution in [0.1, 0.15) is 24.4 Å². The molecule has 0 saturated carbocycles. The van der Waals surface area contributed by atoms with Gasteiger partial charge in [-0.15, -0.1) is 0 Å². The molecule has 0 atom stereocenters. The van der Waals surface area contributed by atoms with E-state index in [2.05, 4.69) is 0 Å². The lowest BCUT2D eigenvalue weighted by molar-refractivity contribution is 0.512. The Kier molecular flexibility index (Phi) is 3.42. The van der Waals surface area contributed by atoms with Gasteiger partial charge in [0.25, 0.3) is 0 Å². The van der Waals surface area contributed by atoms with Gasteiger partial charge in [0.15, 0.2) is 23.1 Å². The van der Waals surface area contributed by atoms with Gasteiger partial charge in [-0.25, -0.2) is 0 Å². The quantitative estimate of drug-likeness (QED) is 0.511. The van der Waals surface area contributed by atoms with Crippen LogP contribution in [0.15, 0.2) is 50.8 Å². The van der Waals surface area contributed by atoms with E-state index in [0.29, 0.717) is 17.3 Å². The molecule has 0 amide bonds. The number of rotatable bonds is 4. The zero-order chi connectivity index (χ0) is 15.7. The summed E-state index contributed by atoms with van der Waals surface area (Å²) in [6.45, 7) is 0. The Labute approximate surface area is 127 Å². The zero-order valence-corrected chi connectivity index (χ0v) is 11.8. The van der Waals surface area contributed by atoms with Gasteiger partial charge in [-0.1, -0.05) is 12.2 Å². The van der Waals surface area contributed by atoms with Crippen molar-refractivity contribution >= 4 is 17.2 Å². The molecule has 6 N–H and O–H groups in total. The molecule has 0 saturated heterocycles. The number of nitrogen functional groups attached to an aromatic ring is 1. The van der Waals surface area contributed by atoms with E-state index >= 15 is 0 Å². The van der Waals surface area contributed by atoms with Crippen LogP contribution >= 0.6 is 0 Å². The molecule has 0 fully saturated rings. The normalized spacial score (nSPS) is 14.4. The summed E-state index contributed by atoms with van der Waals surface area (Å²) in [5, 5.41) is 14.8. The molecule has 0 radical (unpaired) electrons. The lowest BCUT2D eigenvalue weighted by atomic mass is 9.96. The first kappa shape index (κ1) is 13.9. The van der Waals surface area contributed by atoms with Crippen molar-refractivity contribution in [3.05, 3.63) is 53.5 Å². The molecule has 2 heterocycles. The van der Waals surface area contributed by atoms with Crippen LogP contribution in [0.2, 0.25) is 0 Å². The topological polar surface area (TPSA) is 126 Å². The van der Waals surface area contributed by atoms with Gasteiger partial charge in [0.2, 0.25) is 0 Å². The van der Waals surface area contributed by atoms with Crippen molar-refractivity contribution in [1.82, 2.24) is 0 Å². The monoisotopic (exact) mass is 296 g/mol. The molecule has 0 aromatic carbocycles. The number of hydrogen-bond acceptors (Lipinski definition) is 4. The standard InChI is InChI=1S/C16H16N4O2/c17-15(18)10-3-1-9(2-4-10)11-5-6-12(21-11)13-7-8-14(22-13)16(19)20/h1,3,5-8H,2,4H2,(H3,17,18)(H3,19,20). The molecule has 0 bridgehead atoms. The highest BCUT2D eigenvalue weighted by Crippen LogP contribution is 2.31. The Morgan fingerprint density at radius 2 is 1.50 bits per heavy atom. The summed E-state index contributed by atoms with van der Waals surface area (Å²) < 4.78 is 11.3. The maximum atomic E-state index is 7.43. The Morgan fingerprint density at radius 3 is 2.09 bits per heavy atom. The van der Waals surface area contributed by atoms with E-state index in [0.717, 1.165) is 29.7 Å². The van der Waals surface area contributed by atoms with Crippen molar-refractivity contribution in [3.63, 3.8) is 0 Å². The second-order valence-corrected chi connectivity index (χ2v) is 5.04. The minimum absolute atomic E-state index is 0.114. The van der Waals surface area contributed by atoms with Crippen LogP contribution in [0.5, 0.6) is 0 Å². The molecule has 6 nitrogen and oxygen atoms in total. The molecule has 0 unspecified atom stereocenters. The molecule has 2 aromatic rings. The Bertz CT molecular complexity index is 808. The van der Waals surface area contributed by atoms with Crippen LogP contribution in [-0.2, 0) is 0 Å². The van der Waals surface area contributed by atoms with Gasteiger partial charge in [-0.2, -0.15) is 0 Å². The summed E-state index contributed by atoms with van der Waals surface area (Å²) in [7, 11) is 0. The highest BCUT2D eigenvalue weighted by molar-refractivity contribution is 5.95. The van der Waals surface area contributed by atoms with E-state index in [1.165, 1.54) is 0 Å². The number of nitrogens with two attached hydrogens (primary N) is 2. The van der Waals surface area contributed by atoms with Gasteiger partial charge >= 0.3 is 0 Å². The van der Waals surface area contributed by atoms with E-state index in [4.69, 9.17) is 31.1 Å². The molecule has 112 valence electrons. The number of nitrogens with one attached hydrogen (secondary N) is 2. The Balaban J connectivity index is 1.85. The molecule has 2 aromatic heterocycles. The summed E-state index contributed by atoms with van der Waals surface area (Å²) in [6, 6.07) is 7.07. The number of hydrogen-bond donors (Lipinski definition) is 4. The van der Waals surface area contributed by atoms with Crippen molar-refractivity contribution in [2.24, 2.45) is 11.5 Å². The number of amidine groups is 2. The Hall–Kier alpha value is -3.02. The second-order valence-electron chi connectivity index (χ2n) is 5.04. The molecule has 0 aliphatic heterocycles. The third kappa shape index (κ3) is 2.58. The molecule has 22 heavy (non-hydrogen) atoms. The fourth-order valence-electron chi connectivity index (χ4n) is 2.32. The van der Waals surface area contributed by atoms with Crippen LogP contribution in [0, 0.1) is 10.8 Å². The third-order valence-corrected chi connectivity index (χ3v) is 3.53. The molecule has 3 rings (SSSR count). The maximum absolute atomic E-state index is 7.43. The van der Waals surface area contributed by atoms with Crippen molar-refractivity contribution < 1.29 is 8.83 Å². The van der Waals surface area contributed by atoms with E-state index in [9.17, 15) is 0 Å². The minimum atomic E-state index is -0.116. The maximum Gasteiger partial charge on any atom is 0.170 e. The molecule has 1 aliphatic rings. The summed E-state index contributed by atoms with van der Waals surface area (Å²) in [5.41, 5.74) is 12.8. The predicted octanol–water partition coefficient (Wildman–Crippen LogP) is 2.86. The second kappa shape index (κ2) is 5.40. The molecule has 1 aliphatic carbocycles. The average Bonchev–Trinajstić information content (AvgIpc) is 3.16. The molecule has 6 heteroatoms. The SMILES string of the molecule is N=C(N)C1=CC=C(c2ccc(-c3ccc(C(=N)N)o3)o2)CC1. The van der Waals surface area contributed by atoms with E-state index < -0.39 is 0 Å². The van der Waals surface area contributed by atoms with Gasteiger partial charge in [-0.05, 0) is 48.3 Å². The predicted molar refractivity (Wildman–Crippen MR) is 84.6 cm³/mol. The van der Waals surface area contributed by atoms with Crippen LogP contribution in [0.25, 0.3) is 17.1 Å². The summed E-state index contributed by atoms with van der Waals surface area (Å²) in [5.74, 6) is 2.20. The van der Waals surface area contributed by atoms with Gasteiger partial charge in [-0.3, -0.25) is 10.8 Å². The van der Waals surface area contributed by atoms with Gasteiger partial charge in [0.05, 0.1) is 0 Å². The first-order valence-corrected chi connectivity index (χ1v) is 6.83. The lowest BCUT2D eigenvalue weighted by Crippen LogP contribution is -2.14. The van der Waals surface area contributed by atoms with Crippen LogP contribution in [0.3, 0.4) is 0 Å². The third-order valence-electron chi connectivity index (χ3n) is 3.53. The fourth-order valence-corrected chi connectivity index (χ4v) is 2.32.